The molecule has 1 amide bonds. The summed E-state index contributed by atoms with van der Waals surface area (Å²) >= 11 is 0. The number of hydrogen-bond donors (Lipinski definition) is 2. The topological polar surface area (TPSA) is 49.3 Å². The van der Waals surface area contributed by atoms with Crippen molar-refractivity contribution in [3.63, 3.8) is 0 Å². The summed E-state index contributed by atoms with van der Waals surface area (Å²) in [5.74, 6) is 0.104. The van der Waals surface area contributed by atoms with Gasteiger partial charge in [-0.05, 0) is 24.8 Å². The van der Waals surface area contributed by atoms with Crippen molar-refractivity contribution in [1.82, 2.24) is 5.32 Å². The van der Waals surface area contributed by atoms with Gasteiger partial charge in [-0.1, -0.05) is 56.5 Å². The van der Waals surface area contributed by atoms with E-state index in [1.165, 1.54) is 6.42 Å². The molecule has 2 N–H and O–H groups in total. The molecule has 2 rings (SSSR count). The van der Waals surface area contributed by atoms with E-state index in [-0.39, 0.29) is 24.0 Å². The van der Waals surface area contributed by atoms with Gasteiger partial charge in [0.2, 0.25) is 5.91 Å². The van der Waals surface area contributed by atoms with Gasteiger partial charge >= 0.3 is 0 Å². The van der Waals surface area contributed by atoms with Crippen molar-refractivity contribution in [2.24, 2.45) is 5.41 Å². The second-order valence-corrected chi connectivity index (χ2v) is 6.16. The Morgan fingerprint density at radius 3 is 2.50 bits per heavy atom. The molecule has 3 heteroatoms. The van der Waals surface area contributed by atoms with Crippen molar-refractivity contribution in [3.05, 3.63) is 35.9 Å². The highest BCUT2D eigenvalue weighted by Gasteiger charge is 2.35. The number of aliphatic hydroxyl groups excluding tert-OH is 1. The molecule has 1 aliphatic carbocycles. The molecule has 0 aromatic heterocycles. The first-order valence-electron chi connectivity index (χ1n) is 7.60. The summed E-state index contributed by atoms with van der Waals surface area (Å²) in [6.45, 7) is 2.04. The molecule has 1 fully saturated rings. The average molecular weight is 275 g/mol. The maximum Gasteiger partial charge on any atom is 0.226 e. The van der Waals surface area contributed by atoms with Gasteiger partial charge in [0.05, 0.1) is 12.6 Å². The zero-order valence-corrected chi connectivity index (χ0v) is 12.3. The molecule has 1 aliphatic rings. The molecule has 1 atom stereocenters. The van der Waals surface area contributed by atoms with Crippen molar-refractivity contribution in [2.45, 2.75) is 51.5 Å². The van der Waals surface area contributed by atoms with Crippen molar-refractivity contribution in [3.8, 4) is 0 Å². The Hall–Kier alpha value is -1.35. The van der Waals surface area contributed by atoms with E-state index in [9.17, 15) is 9.90 Å². The summed E-state index contributed by atoms with van der Waals surface area (Å²) in [6, 6.07) is 9.79. The number of rotatable bonds is 5. The average Bonchev–Trinajstić information content (AvgIpc) is 2.48. The third-order valence-corrected chi connectivity index (χ3v) is 4.39. The molecule has 0 saturated heterocycles. The van der Waals surface area contributed by atoms with E-state index in [0.717, 1.165) is 31.2 Å². The number of aliphatic hydroxyl groups is 1. The zero-order chi connectivity index (χ0) is 14.4. The third kappa shape index (κ3) is 3.83. The predicted molar refractivity (Wildman–Crippen MR) is 80.4 cm³/mol. The normalized spacial score (nSPS) is 19.3. The van der Waals surface area contributed by atoms with E-state index in [1.807, 2.05) is 30.3 Å². The van der Waals surface area contributed by atoms with E-state index in [1.54, 1.807) is 0 Å². The highest BCUT2D eigenvalue weighted by Crippen LogP contribution is 2.35. The van der Waals surface area contributed by atoms with Gasteiger partial charge in [0.15, 0.2) is 0 Å². The summed E-state index contributed by atoms with van der Waals surface area (Å²) in [5, 5.41) is 12.5. The van der Waals surface area contributed by atoms with Gasteiger partial charge in [0.1, 0.15) is 0 Å². The molecule has 1 aromatic rings. The second kappa shape index (κ2) is 6.89. The fourth-order valence-corrected chi connectivity index (χ4v) is 2.98. The van der Waals surface area contributed by atoms with Crippen LogP contribution in [-0.4, -0.2) is 23.7 Å². The number of amides is 1. The van der Waals surface area contributed by atoms with Gasteiger partial charge < -0.3 is 10.4 Å². The summed E-state index contributed by atoms with van der Waals surface area (Å²) in [4.78, 5) is 12.5. The Labute approximate surface area is 121 Å². The predicted octanol–water partition coefficient (Wildman–Crippen LogP) is 2.68. The Bertz CT molecular complexity index is 424. The molecule has 110 valence electrons. The molecule has 0 spiro atoms. The van der Waals surface area contributed by atoms with Gasteiger partial charge in [-0.25, -0.2) is 0 Å². The van der Waals surface area contributed by atoms with E-state index in [4.69, 9.17) is 0 Å². The van der Waals surface area contributed by atoms with Crippen LogP contribution in [0.4, 0.5) is 0 Å². The maximum atomic E-state index is 12.5. The van der Waals surface area contributed by atoms with E-state index in [2.05, 4.69) is 12.2 Å². The molecule has 0 radical (unpaired) electrons. The number of carbonyl (C=O) groups is 1. The number of benzene rings is 1. The van der Waals surface area contributed by atoms with Crippen LogP contribution in [0.3, 0.4) is 0 Å². The zero-order valence-electron chi connectivity index (χ0n) is 12.3. The first kappa shape index (κ1) is 15.0. The van der Waals surface area contributed by atoms with Crippen LogP contribution in [0.15, 0.2) is 30.3 Å². The summed E-state index contributed by atoms with van der Waals surface area (Å²) in [7, 11) is 0. The fourth-order valence-electron chi connectivity index (χ4n) is 2.98. The van der Waals surface area contributed by atoms with Crippen LogP contribution in [0.25, 0.3) is 0 Å². The number of hydrogen-bond acceptors (Lipinski definition) is 2. The Balaban J connectivity index is 1.94. The van der Waals surface area contributed by atoms with Gasteiger partial charge in [0, 0.05) is 5.41 Å². The van der Waals surface area contributed by atoms with E-state index >= 15 is 0 Å². The largest absolute Gasteiger partial charge is 0.394 e. The monoisotopic (exact) mass is 275 g/mol. The van der Waals surface area contributed by atoms with Gasteiger partial charge in [-0.3, -0.25) is 4.79 Å². The lowest BCUT2D eigenvalue weighted by molar-refractivity contribution is -0.133. The lowest BCUT2D eigenvalue weighted by atomic mass is 9.75. The van der Waals surface area contributed by atoms with E-state index in [0.29, 0.717) is 6.42 Å². The van der Waals surface area contributed by atoms with Crippen LogP contribution in [0.2, 0.25) is 0 Å². The minimum absolute atomic E-state index is 0.0171. The Morgan fingerprint density at radius 2 is 1.90 bits per heavy atom. The highest BCUT2D eigenvalue weighted by molar-refractivity contribution is 5.82. The van der Waals surface area contributed by atoms with Crippen LogP contribution in [0.5, 0.6) is 0 Å². The standard InChI is InChI=1S/C17H25NO2/c1-17(10-6-3-7-11-17)16(20)18-15(13-19)12-14-8-4-2-5-9-14/h2,4-5,8-9,15,19H,3,6-7,10-13H2,1H3,(H,18,20)/t15-/m0/s1. The summed E-state index contributed by atoms with van der Waals surface area (Å²) in [6.07, 6.45) is 6.10. The van der Waals surface area contributed by atoms with Crippen molar-refractivity contribution < 1.29 is 9.90 Å². The van der Waals surface area contributed by atoms with E-state index < -0.39 is 0 Å². The van der Waals surface area contributed by atoms with Crippen molar-refractivity contribution in [1.29, 1.82) is 0 Å². The molecule has 1 saturated carbocycles. The molecule has 3 nitrogen and oxygen atoms in total. The number of carbonyl (C=O) groups excluding carboxylic acids is 1. The van der Waals surface area contributed by atoms with Crippen molar-refractivity contribution in [2.75, 3.05) is 6.61 Å². The first-order valence-corrected chi connectivity index (χ1v) is 7.60. The SMILES string of the molecule is CC1(C(=O)N[C@H](CO)Cc2ccccc2)CCCCC1. The van der Waals surface area contributed by atoms with Crippen LogP contribution in [0.1, 0.15) is 44.6 Å². The third-order valence-electron chi connectivity index (χ3n) is 4.39. The minimum atomic E-state index is -0.248. The van der Waals surface area contributed by atoms with Crippen LogP contribution in [-0.2, 0) is 11.2 Å². The second-order valence-electron chi connectivity index (χ2n) is 6.16. The Morgan fingerprint density at radius 1 is 1.25 bits per heavy atom. The maximum absolute atomic E-state index is 12.5. The molecule has 0 unspecified atom stereocenters. The Kier molecular flexibility index (Phi) is 5.18. The lowest BCUT2D eigenvalue weighted by Crippen LogP contribution is -2.47. The molecule has 0 heterocycles. The molecular weight excluding hydrogens is 250 g/mol. The molecular formula is C17H25NO2. The summed E-state index contributed by atoms with van der Waals surface area (Å²) < 4.78 is 0. The molecule has 1 aromatic carbocycles. The van der Waals surface area contributed by atoms with Gasteiger partial charge in [-0.15, -0.1) is 0 Å². The lowest BCUT2D eigenvalue weighted by Gasteiger charge is -2.33. The summed E-state index contributed by atoms with van der Waals surface area (Å²) in [5.41, 5.74) is 0.892. The molecule has 20 heavy (non-hydrogen) atoms. The van der Waals surface area contributed by atoms with Crippen molar-refractivity contribution >= 4 is 5.91 Å². The van der Waals surface area contributed by atoms with Crippen LogP contribution >= 0.6 is 0 Å². The minimum Gasteiger partial charge on any atom is -0.394 e. The van der Waals surface area contributed by atoms with Crippen LogP contribution < -0.4 is 5.32 Å². The van der Waals surface area contributed by atoms with Gasteiger partial charge in [-0.2, -0.15) is 0 Å². The fraction of sp³-hybridized carbons (Fsp3) is 0.588. The molecule has 0 aliphatic heterocycles. The molecule has 0 bridgehead atoms. The smallest absolute Gasteiger partial charge is 0.226 e. The quantitative estimate of drug-likeness (QED) is 0.868. The highest BCUT2D eigenvalue weighted by atomic mass is 16.3. The van der Waals surface area contributed by atoms with Crippen LogP contribution in [0, 0.1) is 5.41 Å². The number of nitrogens with one attached hydrogen (secondary N) is 1. The van der Waals surface area contributed by atoms with Gasteiger partial charge in [0.25, 0.3) is 0 Å². The first-order chi connectivity index (χ1) is 9.64.